The number of carbonyl (C=O) groups excluding carboxylic acids is 1. The summed E-state index contributed by atoms with van der Waals surface area (Å²) >= 11 is 1.31. The maximum atomic E-state index is 12.7. The third kappa shape index (κ3) is 2.57. The van der Waals surface area contributed by atoms with Gasteiger partial charge in [-0.3, -0.25) is 19.9 Å². The molecule has 0 aromatic heterocycles. The molecular formula is C17H15N5O3S. The van der Waals surface area contributed by atoms with Crippen molar-refractivity contribution in [1.82, 2.24) is 10.3 Å². The van der Waals surface area contributed by atoms with Crippen LogP contribution in [0.25, 0.3) is 0 Å². The fourth-order valence-electron chi connectivity index (χ4n) is 3.25. The second-order valence-corrected chi connectivity index (χ2v) is 6.63. The smallest absolute Gasteiger partial charge is 0.276 e. The van der Waals surface area contributed by atoms with E-state index in [1.54, 1.807) is 23.2 Å². The molecule has 1 amide bonds. The predicted molar refractivity (Wildman–Crippen MR) is 99.6 cm³/mol. The van der Waals surface area contributed by atoms with Crippen LogP contribution in [0.5, 0.6) is 0 Å². The van der Waals surface area contributed by atoms with Gasteiger partial charge in [-0.05, 0) is 18.4 Å². The number of hydrogen-bond donors (Lipinski definition) is 2. The summed E-state index contributed by atoms with van der Waals surface area (Å²) in [6, 6.07) is 13.3. The number of nitrogens with zero attached hydrogens (tertiary/aromatic N) is 3. The van der Waals surface area contributed by atoms with E-state index < -0.39 is 17.1 Å². The highest BCUT2D eigenvalue weighted by Crippen LogP contribution is 2.44. The molecule has 8 nitrogen and oxygen atoms in total. The highest BCUT2D eigenvalue weighted by Gasteiger charge is 2.43. The van der Waals surface area contributed by atoms with Crippen LogP contribution in [0.1, 0.15) is 23.3 Å². The van der Waals surface area contributed by atoms with E-state index in [9.17, 15) is 14.9 Å². The summed E-state index contributed by atoms with van der Waals surface area (Å²) in [5.74, 6) is -0.207. The van der Waals surface area contributed by atoms with Crippen LogP contribution in [-0.2, 0) is 4.79 Å². The van der Waals surface area contributed by atoms with Gasteiger partial charge in [0, 0.05) is 17.3 Å². The first kappa shape index (κ1) is 16.4. The second kappa shape index (κ2) is 6.34. The quantitative estimate of drug-likeness (QED) is 0.624. The average molecular weight is 369 g/mol. The number of thioether (sulfide) groups is 1. The second-order valence-electron chi connectivity index (χ2n) is 5.83. The lowest BCUT2D eigenvalue weighted by Crippen LogP contribution is -2.50. The van der Waals surface area contributed by atoms with Crippen LogP contribution >= 0.6 is 11.8 Å². The van der Waals surface area contributed by atoms with Crippen LogP contribution in [0.3, 0.4) is 0 Å². The highest BCUT2D eigenvalue weighted by molar-refractivity contribution is 8.13. The van der Waals surface area contributed by atoms with Crippen molar-refractivity contribution in [2.45, 2.75) is 12.2 Å². The Labute approximate surface area is 153 Å². The molecule has 0 radical (unpaired) electrons. The molecule has 2 unspecified atom stereocenters. The van der Waals surface area contributed by atoms with Crippen molar-refractivity contribution in [2.75, 3.05) is 11.6 Å². The van der Waals surface area contributed by atoms with E-state index in [1.807, 2.05) is 30.5 Å². The third-order valence-corrected chi connectivity index (χ3v) is 4.95. The number of nitro benzene ring substituents is 1. The number of fused-ring (bicyclic) bond motifs is 3. The summed E-state index contributed by atoms with van der Waals surface area (Å²) in [5, 5.41) is 24.2. The molecule has 2 aliphatic rings. The minimum Gasteiger partial charge on any atom is -0.360 e. The normalized spacial score (nSPS) is 21.0. The lowest BCUT2D eigenvalue weighted by atomic mass is 9.97. The van der Waals surface area contributed by atoms with Gasteiger partial charge in [0.2, 0.25) is 0 Å². The van der Waals surface area contributed by atoms with Gasteiger partial charge in [0.15, 0.2) is 11.2 Å². The molecule has 2 aliphatic heterocycles. The molecule has 9 heteroatoms. The number of carbonyl (C=O) groups is 1. The maximum absolute atomic E-state index is 12.7. The van der Waals surface area contributed by atoms with Crippen molar-refractivity contribution < 1.29 is 9.72 Å². The Morgan fingerprint density at radius 2 is 1.85 bits per heavy atom. The Hall–Kier alpha value is -3.07. The van der Waals surface area contributed by atoms with Gasteiger partial charge in [0.05, 0.1) is 10.5 Å². The zero-order chi connectivity index (χ0) is 18.3. The van der Waals surface area contributed by atoms with Crippen LogP contribution in [-0.4, -0.2) is 27.3 Å². The highest BCUT2D eigenvalue weighted by atomic mass is 32.2. The molecule has 132 valence electrons. The van der Waals surface area contributed by atoms with E-state index in [-0.39, 0.29) is 11.6 Å². The molecule has 2 aromatic rings. The van der Waals surface area contributed by atoms with Gasteiger partial charge in [0.1, 0.15) is 6.17 Å². The molecule has 26 heavy (non-hydrogen) atoms. The lowest BCUT2D eigenvalue weighted by molar-refractivity contribution is -0.386. The molecule has 0 saturated carbocycles. The summed E-state index contributed by atoms with van der Waals surface area (Å²) < 4.78 is 0. The molecule has 2 aromatic carbocycles. The number of hydrogen-bond acceptors (Lipinski definition) is 7. The molecule has 2 N–H and O–H groups in total. The fourth-order valence-corrected chi connectivity index (χ4v) is 3.63. The minimum absolute atomic E-state index is 0.0185. The van der Waals surface area contributed by atoms with Gasteiger partial charge < -0.3 is 10.6 Å². The Balaban J connectivity index is 1.90. The van der Waals surface area contributed by atoms with E-state index in [2.05, 4.69) is 15.7 Å². The molecule has 0 aliphatic carbocycles. The minimum atomic E-state index is -0.659. The first-order chi connectivity index (χ1) is 12.6. The van der Waals surface area contributed by atoms with Gasteiger partial charge >= 0.3 is 0 Å². The Bertz CT molecular complexity index is 932. The van der Waals surface area contributed by atoms with E-state index >= 15 is 0 Å². The van der Waals surface area contributed by atoms with Gasteiger partial charge in [0.25, 0.3) is 11.6 Å². The predicted octanol–water partition coefficient (Wildman–Crippen LogP) is 2.83. The number of para-hydroxylation sites is 2. The van der Waals surface area contributed by atoms with Crippen LogP contribution in [0.2, 0.25) is 0 Å². The maximum Gasteiger partial charge on any atom is 0.276 e. The van der Waals surface area contributed by atoms with Crippen LogP contribution in [0.15, 0.2) is 53.6 Å². The fraction of sp³-hybridized carbons (Fsp3) is 0.176. The molecule has 0 saturated heterocycles. The number of rotatable bonds is 2. The van der Waals surface area contributed by atoms with E-state index in [4.69, 9.17) is 0 Å². The number of anilines is 1. The summed E-state index contributed by atoms with van der Waals surface area (Å²) in [5.41, 5.74) is 1.98. The molecule has 0 bridgehead atoms. The molecule has 0 spiro atoms. The van der Waals surface area contributed by atoms with Crippen molar-refractivity contribution in [3.05, 3.63) is 69.8 Å². The Morgan fingerprint density at radius 1 is 1.15 bits per heavy atom. The molecule has 0 fully saturated rings. The van der Waals surface area contributed by atoms with E-state index in [0.29, 0.717) is 10.7 Å². The number of hydrazone groups is 1. The average Bonchev–Trinajstić information content (AvgIpc) is 2.66. The van der Waals surface area contributed by atoms with Crippen molar-refractivity contribution in [3.63, 3.8) is 0 Å². The van der Waals surface area contributed by atoms with Crippen LogP contribution in [0.4, 0.5) is 11.4 Å². The molecular weight excluding hydrogens is 354 g/mol. The topological polar surface area (TPSA) is 99.9 Å². The largest absolute Gasteiger partial charge is 0.360 e. The summed E-state index contributed by atoms with van der Waals surface area (Å²) in [7, 11) is 0. The SMILES string of the molecule is CSC1=NN2C(c3ccccc3[N+](=O)[O-])Nc3ccccc3C2C(=O)N1. The van der Waals surface area contributed by atoms with Crippen molar-refractivity contribution in [1.29, 1.82) is 0 Å². The zero-order valence-corrected chi connectivity index (χ0v) is 14.6. The van der Waals surface area contributed by atoms with Gasteiger partial charge in [-0.2, -0.15) is 0 Å². The monoisotopic (exact) mass is 369 g/mol. The number of nitro groups is 1. The molecule has 2 atom stereocenters. The van der Waals surface area contributed by atoms with Crippen molar-refractivity contribution in [2.24, 2.45) is 5.10 Å². The standard InChI is InChI=1S/C17H15N5O3S/c1-26-17-19-16(23)14-10-6-2-4-8-12(10)18-15(21(14)20-17)11-7-3-5-9-13(11)22(24)25/h2-9,14-15,18H,1H3,(H,19,20,23). The lowest BCUT2D eigenvalue weighted by Gasteiger charge is -2.43. The van der Waals surface area contributed by atoms with Gasteiger partial charge in [-0.15, -0.1) is 5.10 Å². The van der Waals surface area contributed by atoms with Crippen molar-refractivity contribution in [3.8, 4) is 0 Å². The summed E-state index contributed by atoms with van der Waals surface area (Å²) in [6.07, 6.45) is 1.18. The summed E-state index contributed by atoms with van der Waals surface area (Å²) in [6.45, 7) is 0. The number of nitrogens with one attached hydrogen (secondary N) is 2. The van der Waals surface area contributed by atoms with Gasteiger partial charge in [-0.25, -0.2) is 0 Å². The third-order valence-electron chi connectivity index (χ3n) is 4.38. The molecule has 4 rings (SSSR count). The van der Waals surface area contributed by atoms with E-state index in [0.717, 1.165) is 11.3 Å². The summed E-state index contributed by atoms with van der Waals surface area (Å²) in [4.78, 5) is 23.8. The number of amidine groups is 1. The number of amides is 1. The van der Waals surface area contributed by atoms with Gasteiger partial charge in [-0.1, -0.05) is 42.1 Å². The first-order valence-corrected chi connectivity index (χ1v) is 9.13. The Kier molecular flexibility index (Phi) is 4.00. The van der Waals surface area contributed by atoms with Crippen LogP contribution in [0, 0.1) is 10.1 Å². The first-order valence-electron chi connectivity index (χ1n) is 7.90. The van der Waals surface area contributed by atoms with Crippen LogP contribution < -0.4 is 10.6 Å². The molecule has 2 heterocycles. The number of benzene rings is 2. The zero-order valence-electron chi connectivity index (χ0n) is 13.7. The van der Waals surface area contributed by atoms with Crippen molar-refractivity contribution >= 4 is 34.2 Å². The van der Waals surface area contributed by atoms with E-state index in [1.165, 1.54) is 17.8 Å². The Morgan fingerprint density at radius 3 is 2.58 bits per heavy atom.